The van der Waals surface area contributed by atoms with Crippen LogP contribution in [0.4, 0.5) is 6.01 Å². The highest BCUT2D eigenvalue weighted by Gasteiger charge is 2.13. The topological polar surface area (TPSA) is 63.0 Å². The van der Waals surface area contributed by atoms with Crippen molar-refractivity contribution >= 4 is 6.01 Å². The Bertz CT molecular complexity index is 313. The summed E-state index contributed by atoms with van der Waals surface area (Å²) in [6.07, 6.45) is 3.34. The average molecular weight is 240 g/mol. The predicted octanol–water partition coefficient (Wildman–Crippen LogP) is 2.73. The van der Waals surface area contributed by atoms with Gasteiger partial charge in [-0.15, -0.1) is 5.10 Å². The van der Waals surface area contributed by atoms with Crippen LogP contribution < -0.4 is 10.6 Å². The van der Waals surface area contributed by atoms with Gasteiger partial charge >= 0.3 is 6.01 Å². The van der Waals surface area contributed by atoms with Gasteiger partial charge in [-0.2, -0.15) is 0 Å². The lowest BCUT2D eigenvalue weighted by Crippen LogP contribution is -2.19. The molecular weight excluding hydrogens is 216 g/mol. The second kappa shape index (κ2) is 7.27. The first-order chi connectivity index (χ1) is 8.17. The largest absolute Gasteiger partial charge is 0.406 e. The lowest BCUT2D eigenvalue weighted by molar-refractivity contribution is 0.420. The Morgan fingerprint density at radius 3 is 2.59 bits per heavy atom. The van der Waals surface area contributed by atoms with E-state index in [1.165, 1.54) is 0 Å². The molecule has 5 nitrogen and oxygen atoms in total. The zero-order valence-corrected chi connectivity index (χ0v) is 11.3. The van der Waals surface area contributed by atoms with Crippen molar-refractivity contribution in [1.82, 2.24) is 15.5 Å². The van der Waals surface area contributed by atoms with Crippen molar-refractivity contribution in [2.45, 2.75) is 59.0 Å². The van der Waals surface area contributed by atoms with Gasteiger partial charge in [-0.05, 0) is 33.2 Å². The molecule has 98 valence electrons. The molecule has 0 saturated heterocycles. The predicted molar refractivity (Wildman–Crippen MR) is 69.0 cm³/mol. The third-order valence-electron chi connectivity index (χ3n) is 2.60. The van der Waals surface area contributed by atoms with E-state index in [4.69, 9.17) is 4.42 Å². The smallest absolute Gasteiger partial charge is 0.315 e. The molecule has 1 aromatic heterocycles. The molecule has 0 amide bonds. The van der Waals surface area contributed by atoms with Gasteiger partial charge in [0.1, 0.15) is 0 Å². The van der Waals surface area contributed by atoms with Gasteiger partial charge < -0.3 is 15.1 Å². The molecule has 2 N–H and O–H groups in total. The maximum Gasteiger partial charge on any atom is 0.315 e. The summed E-state index contributed by atoms with van der Waals surface area (Å²) >= 11 is 0. The van der Waals surface area contributed by atoms with Crippen LogP contribution in [0.15, 0.2) is 4.42 Å². The van der Waals surface area contributed by atoms with E-state index in [2.05, 4.69) is 41.6 Å². The minimum absolute atomic E-state index is 0.111. The Morgan fingerprint density at radius 2 is 1.94 bits per heavy atom. The fraction of sp³-hybridized carbons (Fsp3) is 0.833. The molecule has 0 aromatic carbocycles. The van der Waals surface area contributed by atoms with E-state index in [9.17, 15) is 0 Å². The van der Waals surface area contributed by atoms with Gasteiger partial charge in [0.25, 0.3) is 0 Å². The molecule has 0 aliphatic carbocycles. The molecule has 2 unspecified atom stereocenters. The third-order valence-corrected chi connectivity index (χ3v) is 2.60. The Labute approximate surface area is 103 Å². The quantitative estimate of drug-likeness (QED) is 0.731. The maximum absolute atomic E-state index is 5.56. The van der Waals surface area contributed by atoms with Crippen molar-refractivity contribution < 1.29 is 4.42 Å². The van der Waals surface area contributed by atoms with Crippen molar-refractivity contribution in [2.24, 2.45) is 0 Å². The van der Waals surface area contributed by atoms with Crippen LogP contribution >= 0.6 is 0 Å². The highest BCUT2D eigenvalue weighted by Crippen LogP contribution is 2.14. The Kier molecular flexibility index (Phi) is 5.97. The molecule has 5 heteroatoms. The average Bonchev–Trinajstić information content (AvgIpc) is 2.74. The molecule has 0 radical (unpaired) electrons. The van der Waals surface area contributed by atoms with Crippen LogP contribution in [-0.4, -0.2) is 22.8 Å². The first-order valence-electron chi connectivity index (χ1n) is 6.50. The van der Waals surface area contributed by atoms with Crippen molar-refractivity contribution in [3.8, 4) is 0 Å². The Hall–Kier alpha value is -1.10. The van der Waals surface area contributed by atoms with Crippen molar-refractivity contribution in [3.05, 3.63) is 5.89 Å². The highest BCUT2D eigenvalue weighted by atomic mass is 16.4. The van der Waals surface area contributed by atoms with Crippen molar-refractivity contribution in [3.63, 3.8) is 0 Å². The lowest BCUT2D eigenvalue weighted by atomic mass is 10.2. The molecule has 1 rings (SSSR count). The summed E-state index contributed by atoms with van der Waals surface area (Å²) < 4.78 is 5.56. The standard InChI is InChI=1S/C12H24N4O/c1-5-7-9(3)14-12-16-15-11(17-12)10(4)13-8-6-2/h9-10,13H,5-8H2,1-4H3,(H,14,16). The number of nitrogens with zero attached hydrogens (tertiary/aromatic N) is 2. The monoisotopic (exact) mass is 240 g/mol. The minimum Gasteiger partial charge on any atom is -0.406 e. The van der Waals surface area contributed by atoms with Gasteiger partial charge in [0.2, 0.25) is 5.89 Å². The van der Waals surface area contributed by atoms with Crippen LogP contribution in [0.2, 0.25) is 0 Å². The second-order valence-electron chi connectivity index (χ2n) is 4.46. The molecule has 0 fully saturated rings. The van der Waals surface area contributed by atoms with E-state index in [-0.39, 0.29) is 6.04 Å². The number of rotatable bonds is 8. The van der Waals surface area contributed by atoms with E-state index >= 15 is 0 Å². The van der Waals surface area contributed by atoms with E-state index in [1.807, 2.05) is 6.92 Å². The SMILES string of the molecule is CCCNC(C)c1nnc(NC(C)CCC)o1. The van der Waals surface area contributed by atoms with E-state index in [0.29, 0.717) is 17.9 Å². The summed E-state index contributed by atoms with van der Waals surface area (Å²) in [6, 6.07) is 0.998. The third kappa shape index (κ3) is 4.73. The summed E-state index contributed by atoms with van der Waals surface area (Å²) in [7, 11) is 0. The molecule has 1 aromatic rings. The van der Waals surface area contributed by atoms with Crippen LogP contribution in [-0.2, 0) is 0 Å². The summed E-state index contributed by atoms with van der Waals surface area (Å²) in [5.74, 6) is 0.643. The van der Waals surface area contributed by atoms with Crippen molar-refractivity contribution in [1.29, 1.82) is 0 Å². The zero-order chi connectivity index (χ0) is 12.7. The van der Waals surface area contributed by atoms with Gasteiger partial charge in [0.05, 0.1) is 6.04 Å². The van der Waals surface area contributed by atoms with Crippen LogP contribution in [0.3, 0.4) is 0 Å². The second-order valence-corrected chi connectivity index (χ2v) is 4.46. The van der Waals surface area contributed by atoms with Crippen LogP contribution in [0, 0.1) is 0 Å². The van der Waals surface area contributed by atoms with Crippen LogP contribution in [0.25, 0.3) is 0 Å². The lowest BCUT2D eigenvalue weighted by Gasteiger charge is -2.10. The van der Waals surface area contributed by atoms with Gasteiger partial charge in [0.15, 0.2) is 0 Å². The van der Waals surface area contributed by atoms with Gasteiger partial charge in [-0.1, -0.05) is 25.4 Å². The number of hydrogen-bond acceptors (Lipinski definition) is 5. The van der Waals surface area contributed by atoms with Gasteiger partial charge in [-0.3, -0.25) is 0 Å². The number of anilines is 1. The van der Waals surface area contributed by atoms with Crippen LogP contribution in [0.5, 0.6) is 0 Å². The molecule has 0 spiro atoms. The molecule has 2 atom stereocenters. The number of hydrogen-bond donors (Lipinski definition) is 2. The van der Waals surface area contributed by atoms with Crippen LogP contribution in [0.1, 0.15) is 58.9 Å². The Morgan fingerprint density at radius 1 is 1.18 bits per heavy atom. The summed E-state index contributed by atoms with van der Waals surface area (Å²) in [6.45, 7) is 9.40. The summed E-state index contributed by atoms with van der Waals surface area (Å²) in [5.41, 5.74) is 0. The normalized spacial score (nSPS) is 14.6. The molecule has 0 aliphatic rings. The minimum atomic E-state index is 0.111. The van der Waals surface area contributed by atoms with E-state index in [1.54, 1.807) is 0 Å². The first-order valence-corrected chi connectivity index (χ1v) is 6.50. The van der Waals surface area contributed by atoms with E-state index < -0.39 is 0 Å². The summed E-state index contributed by atoms with van der Waals surface area (Å²) in [5, 5.41) is 14.6. The molecule has 1 heterocycles. The number of aromatic nitrogens is 2. The molecule has 0 bridgehead atoms. The Balaban J connectivity index is 2.46. The van der Waals surface area contributed by atoms with E-state index in [0.717, 1.165) is 25.8 Å². The van der Waals surface area contributed by atoms with Crippen molar-refractivity contribution in [2.75, 3.05) is 11.9 Å². The molecular formula is C12H24N4O. The van der Waals surface area contributed by atoms with Gasteiger partial charge in [-0.25, -0.2) is 0 Å². The number of nitrogens with one attached hydrogen (secondary N) is 2. The molecule has 0 saturated carbocycles. The highest BCUT2D eigenvalue weighted by molar-refractivity contribution is 5.19. The van der Waals surface area contributed by atoms with Gasteiger partial charge in [0, 0.05) is 6.04 Å². The summed E-state index contributed by atoms with van der Waals surface area (Å²) in [4.78, 5) is 0. The first kappa shape index (κ1) is 14.0. The maximum atomic E-state index is 5.56. The fourth-order valence-corrected chi connectivity index (χ4v) is 1.63. The fourth-order valence-electron chi connectivity index (χ4n) is 1.63. The molecule has 17 heavy (non-hydrogen) atoms. The zero-order valence-electron chi connectivity index (χ0n) is 11.3. The molecule has 0 aliphatic heterocycles.